The highest BCUT2D eigenvalue weighted by Crippen LogP contribution is 2.22. The fourth-order valence-corrected chi connectivity index (χ4v) is 6.04. The van der Waals surface area contributed by atoms with Gasteiger partial charge in [-0.2, -0.15) is 0 Å². The fourth-order valence-electron chi connectivity index (χ4n) is 5.02. The van der Waals surface area contributed by atoms with E-state index in [1.807, 2.05) is 20.8 Å². The lowest BCUT2D eigenvalue weighted by Crippen LogP contribution is -2.38. The molecule has 1 amide bonds. The van der Waals surface area contributed by atoms with Gasteiger partial charge in [-0.1, -0.05) is 103 Å². The second kappa shape index (κ2) is 23.6. The summed E-state index contributed by atoms with van der Waals surface area (Å²) in [5, 5.41) is 31.6. The van der Waals surface area contributed by atoms with E-state index in [-0.39, 0.29) is 29.2 Å². The van der Waals surface area contributed by atoms with Crippen LogP contribution in [-0.2, 0) is 21.4 Å². The number of aliphatic hydroxyl groups is 2. The molecular weight excluding hydrogens is 614 g/mol. The number of β-amino-alcohol motifs (C(OH)–C–C–N with tert-alkyl or cyclic N) is 1. The first-order chi connectivity index (χ1) is 22.3. The molecule has 9 nitrogen and oxygen atoms in total. The summed E-state index contributed by atoms with van der Waals surface area (Å²) in [4.78, 5) is 12.0. The number of carbonyl (C=O) groups is 1. The maximum Gasteiger partial charge on any atom is 0.264 e. The molecule has 0 bridgehead atoms. The maximum absolute atomic E-state index is 12.1. The smallest absolute Gasteiger partial charge is 0.264 e. The van der Waals surface area contributed by atoms with E-state index >= 15 is 0 Å². The highest BCUT2D eigenvalue weighted by atomic mass is 32.2. The number of benzene rings is 2. The zero-order valence-electron chi connectivity index (χ0n) is 29.4. The number of anilines is 1. The molecule has 0 aliphatic carbocycles. The molecule has 0 radical (unpaired) electrons. The topological polar surface area (TPSA) is 162 Å². The van der Waals surface area contributed by atoms with Gasteiger partial charge in [-0.3, -0.25) is 4.79 Å². The standard InChI is InChI=1S/C24H42N2O3S.C13H21NO3/c1-2-3-4-5-6-7-8-9-10-11-12-13-14-15-16-17-24(27)26-30(28,29)23-20-18-22(25)19-21-23;1-13(2,3)14-7-12(17)9-4-5-11(16)10(6-9)8-15/h18-21H,2-17,25H2,1H3,(H,26,27);4-6,12,14-17H,7-8H2,1-3H3. The average molecular weight is 678 g/mol. The quantitative estimate of drug-likeness (QED) is 0.0547. The molecule has 0 saturated carbocycles. The van der Waals surface area contributed by atoms with Gasteiger partial charge in [0.1, 0.15) is 5.75 Å². The second-order valence-electron chi connectivity index (χ2n) is 13.5. The average Bonchev–Trinajstić information content (AvgIpc) is 3.02. The summed E-state index contributed by atoms with van der Waals surface area (Å²) in [5.41, 5.74) is 7.10. The molecule has 268 valence electrons. The van der Waals surface area contributed by atoms with Crippen molar-refractivity contribution in [3.63, 3.8) is 0 Å². The van der Waals surface area contributed by atoms with Crippen molar-refractivity contribution in [2.45, 2.75) is 154 Å². The summed E-state index contributed by atoms with van der Waals surface area (Å²) in [6.07, 6.45) is 18.5. The zero-order chi connectivity index (χ0) is 35.1. The number of aromatic hydroxyl groups is 1. The first-order valence-corrected chi connectivity index (χ1v) is 19.0. The Kier molecular flexibility index (Phi) is 21.3. The van der Waals surface area contributed by atoms with Gasteiger partial charge in [-0.15, -0.1) is 0 Å². The predicted molar refractivity (Wildman–Crippen MR) is 192 cm³/mol. The normalized spacial score (nSPS) is 12.3. The Hall–Kier alpha value is -2.66. The van der Waals surface area contributed by atoms with Crippen LogP contribution in [-0.4, -0.2) is 41.7 Å². The number of amides is 1. The largest absolute Gasteiger partial charge is 0.508 e. The molecule has 0 fully saturated rings. The molecular formula is C37H63N3O6S. The Morgan fingerprint density at radius 2 is 1.30 bits per heavy atom. The van der Waals surface area contributed by atoms with Crippen molar-refractivity contribution in [2.24, 2.45) is 0 Å². The van der Waals surface area contributed by atoms with Crippen molar-refractivity contribution >= 4 is 21.6 Å². The van der Waals surface area contributed by atoms with Crippen LogP contribution in [0.3, 0.4) is 0 Å². The number of unbranched alkanes of at least 4 members (excludes halogenated alkanes) is 14. The van der Waals surface area contributed by atoms with Crippen molar-refractivity contribution in [2.75, 3.05) is 12.3 Å². The van der Waals surface area contributed by atoms with E-state index in [9.17, 15) is 23.4 Å². The zero-order valence-corrected chi connectivity index (χ0v) is 30.2. The van der Waals surface area contributed by atoms with Crippen molar-refractivity contribution in [3.05, 3.63) is 53.6 Å². The van der Waals surface area contributed by atoms with Gasteiger partial charge < -0.3 is 26.4 Å². The Morgan fingerprint density at radius 3 is 1.77 bits per heavy atom. The van der Waals surface area contributed by atoms with Gasteiger partial charge in [0.05, 0.1) is 17.6 Å². The minimum Gasteiger partial charge on any atom is -0.508 e. The van der Waals surface area contributed by atoms with Crippen LogP contribution in [0.25, 0.3) is 0 Å². The van der Waals surface area contributed by atoms with Crippen LogP contribution in [0.2, 0.25) is 0 Å². The predicted octanol–water partition coefficient (Wildman–Crippen LogP) is 7.64. The minimum absolute atomic E-state index is 0.0484. The SMILES string of the molecule is CC(C)(C)NCC(O)c1ccc(O)c(CO)c1.CCCCCCCCCCCCCCCCCC(=O)NS(=O)(=O)c1ccc(N)cc1. The summed E-state index contributed by atoms with van der Waals surface area (Å²) in [7, 11) is -3.80. The first-order valence-electron chi connectivity index (χ1n) is 17.6. The molecule has 2 aromatic rings. The van der Waals surface area contributed by atoms with Gasteiger partial charge in [0.2, 0.25) is 5.91 Å². The van der Waals surface area contributed by atoms with E-state index in [2.05, 4.69) is 17.0 Å². The molecule has 10 heteroatoms. The van der Waals surface area contributed by atoms with E-state index in [0.29, 0.717) is 23.4 Å². The van der Waals surface area contributed by atoms with Crippen molar-refractivity contribution in [3.8, 4) is 5.75 Å². The van der Waals surface area contributed by atoms with Crippen molar-refractivity contribution in [1.82, 2.24) is 10.0 Å². The molecule has 2 rings (SSSR count). The molecule has 0 spiro atoms. The van der Waals surface area contributed by atoms with Crippen LogP contribution in [0.1, 0.15) is 148 Å². The number of nitrogens with one attached hydrogen (secondary N) is 2. The van der Waals surface area contributed by atoms with Crippen LogP contribution in [0.4, 0.5) is 5.69 Å². The molecule has 47 heavy (non-hydrogen) atoms. The molecule has 0 heterocycles. The summed E-state index contributed by atoms with van der Waals surface area (Å²) in [5.74, 6) is -0.395. The minimum atomic E-state index is -3.80. The number of sulfonamides is 1. The number of aliphatic hydroxyl groups excluding tert-OH is 2. The first kappa shape index (κ1) is 42.4. The lowest BCUT2D eigenvalue weighted by atomic mass is 10.0. The monoisotopic (exact) mass is 677 g/mol. The summed E-state index contributed by atoms with van der Waals surface area (Å²) < 4.78 is 26.4. The van der Waals surface area contributed by atoms with Gasteiger partial charge in [0.25, 0.3) is 10.0 Å². The number of hydrogen-bond donors (Lipinski definition) is 6. The van der Waals surface area contributed by atoms with E-state index in [4.69, 9.17) is 10.8 Å². The van der Waals surface area contributed by atoms with Crippen molar-refractivity contribution < 1.29 is 28.5 Å². The van der Waals surface area contributed by atoms with E-state index in [1.165, 1.54) is 107 Å². The van der Waals surface area contributed by atoms with Crippen LogP contribution in [0.15, 0.2) is 47.4 Å². The Balaban J connectivity index is 0.000000548. The molecule has 7 N–H and O–H groups in total. The molecule has 1 atom stereocenters. The second-order valence-corrected chi connectivity index (χ2v) is 15.2. The van der Waals surface area contributed by atoms with E-state index in [0.717, 1.165) is 19.3 Å². The number of nitrogens with two attached hydrogens (primary N) is 1. The van der Waals surface area contributed by atoms with Gasteiger partial charge in [0.15, 0.2) is 0 Å². The molecule has 2 aromatic carbocycles. The van der Waals surface area contributed by atoms with Crippen LogP contribution >= 0.6 is 0 Å². The summed E-state index contributed by atoms with van der Waals surface area (Å²) >= 11 is 0. The third kappa shape index (κ3) is 20.3. The van der Waals surface area contributed by atoms with Gasteiger partial charge in [-0.25, -0.2) is 13.1 Å². The molecule has 0 aliphatic rings. The molecule has 1 unspecified atom stereocenters. The highest BCUT2D eigenvalue weighted by molar-refractivity contribution is 7.90. The third-order valence-electron chi connectivity index (χ3n) is 7.93. The van der Waals surface area contributed by atoms with Crippen LogP contribution < -0.4 is 15.8 Å². The number of carbonyl (C=O) groups excluding carboxylic acids is 1. The number of nitrogen functional groups attached to an aromatic ring is 1. The Labute approximate surface area is 284 Å². The Bertz CT molecular complexity index is 1230. The Morgan fingerprint density at radius 1 is 0.809 bits per heavy atom. The van der Waals surface area contributed by atoms with Crippen LogP contribution in [0.5, 0.6) is 5.75 Å². The van der Waals surface area contributed by atoms with Gasteiger partial charge in [-0.05, 0) is 69.2 Å². The van der Waals surface area contributed by atoms with Crippen LogP contribution in [0, 0.1) is 0 Å². The number of rotatable bonds is 22. The van der Waals surface area contributed by atoms with E-state index < -0.39 is 22.0 Å². The van der Waals surface area contributed by atoms with Gasteiger partial charge in [0, 0.05) is 29.8 Å². The number of phenols is 1. The number of hydrogen-bond acceptors (Lipinski definition) is 8. The van der Waals surface area contributed by atoms with Gasteiger partial charge >= 0.3 is 0 Å². The molecule has 0 aromatic heterocycles. The highest BCUT2D eigenvalue weighted by Gasteiger charge is 2.17. The fraction of sp³-hybridized carbons (Fsp3) is 0.649. The molecule has 0 saturated heterocycles. The summed E-state index contributed by atoms with van der Waals surface area (Å²) in [6, 6.07) is 10.6. The summed E-state index contributed by atoms with van der Waals surface area (Å²) in [6.45, 7) is 8.52. The maximum atomic E-state index is 12.1. The third-order valence-corrected chi connectivity index (χ3v) is 9.32. The lowest BCUT2D eigenvalue weighted by Gasteiger charge is -2.23. The van der Waals surface area contributed by atoms with E-state index in [1.54, 1.807) is 12.1 Å². The lowest BCUT2D eigenvalue weighted by molar-refractivity contribution is -0.119. The molecule has 0 aliphatic heterocycles. The van der Waals surface area contributed by atoms with Crippen molar-refractivity contribution in [1.29, 1.82) is 0 Å².